The van der Waals surface area contributed by atoms with Gasteiger partial charge in [-0.2, -0.15) is 0 Å². The van der Waals surface area contributed by atoms with E-state index in [9.17, 15) is 15.0 Å². The molecule has 7 heteroatoms. The lowest BCUT2D eigenvalue weighted by molar-refractivity contribution is -0.292. The minimum atomic E-state index is -1.29. The molecule has 0 radical (unpaired) electrons. The number of carbonyl (C=O) groups excluding carboxylic acids is 1. The topological polar surface area (TPSA) is 108 Å². The lowest BCUT2D eigenvalue weighted by Crippen LogP contribution is -2.65. The molecule has 5 atom stereocenters. The SMILES string of the molecule is CC(=O)N[C@H]1[C@@H](OC(C)(C)C)O[C@H](CO)[C@H](O)[C@@H]1O. The summed E-state index contributed by atoms with van der Waals surface area (Å²) in [7, 11) is 0. The van der Waals surface area contributed by atoms with Gasteiger partial charge in [0.05, 0.1) is 12.2 Å². The van der Waals surface area contributed by atoms with Crippen molar-refractivity contribution in [3.63, 3.8) is 0 Å². The first kappa shape index (κ1) is 16.3. The molecular formula is C12H23NO6. The Bertz CT molecular complexity index is 316. The average molecular weight is 277 g/mol. The fourth-order valence-corrected chi connectivity index (χ4v) is 1.92. The molecule has 0 aromatic rings. The molecule has 0 unspecified atom stereocenters. The van der Waals surface area contributed by atoms with Crippen molar-refractivity contribution in [2.24, 2.45) is 0 Å². The number of carbonyl (C=O) groups is 1. The Morgan fingerprint density at radius 3 is 2.32 bits per heavy atom. The van der Waals surface area contributed by atoms with Crippen molar-refractivity contribution in [2.75, 3.05) is 6.61 Å². The molecule has 4 N–H and O–H groups in total. The van der Waals surface area contributed by atoms with Gasteiger partial charge < -0.3 is 30.1 Å². The normalized spacial score (nSPS) is 36.1. The first-order valence-corrected chi connectivity index (χ1v) is 6.23. The summed E-state index contributed by atoms with van der Waals surface area (Å²) >= 11 is 0. The highest BCUT2D eigenvalue weighted by Crippen LogP contribution is 2.25. The highest BCUT2D eigenvalue weighted by molar-refractivity contribution is 5.73. The van der Waals surface area contributed by atoms with Crippen molar-refractivity contribution in [3.05, 3.63) is 0 Å². The van der Waals surface area contributed by atoms with Gasteiger partial charge in [0, 0.05) is 6.92 Å². The molecule has 0 aromatic carbocycles. The molecule has 1 aliphatic rings. The third kappa shape index (κ3) is 4.39. The average Bonchev–Trinajstić information content (AvgIpc) is 2.26. The number of ether oxygens (including phenoxy) is 2. The molecule has 1 rings (SSSR count). The van der Waals surface area contributed by atoms with Gasteiger partial charge in [0.2, 0.25) is 5.91 Å². The zero-order valence-electron chi connectivity index (χ0n) is 11.7. The Hall–Kier alpha value is -0.730. The second kappa shape index (κ2) is 6.15. The Balaban J connectivity index is 2.89. The van der Waals surface area contributed by atoms with Gasteiger partial charge in [-0.1, -0.05) is 0 Å². The monoisotopic (exact) mass is 277 g/mol. The van der Waals surface area contributed by atoms with Crippen LogP contribution >= 0.6 is 0 Å². The van der Waals surface area contributed by atoms with E-state index < -0.39 is 42.9 Å². The summed E-state index contributed by atoms with van der Waals surface area (Å²) in [6, 6.07) is -0.894. The number of amides is 1. The number of nitrogens with one attached hydrogen (secondary N) is 1. The molecule has 1 fully saturated rings. The van der Waals surface area contributed by atoms with E-state index in [0.717, 1.165) is 0 Å². The highest BCUT2D eigenvalue weighted by Gasteiger charge is 2.46. The number of aliphatic hydroxyl groups excluding tert-OH is 3. The van der Waals surface area contributed by atoms with Gasteiger partial charge in [0.1, 0.15) is 24.4 Å². The molecule has 112 valence electrons. The first-order chi connectivity index (χ1) is 8.65. The molecule has 0 spiro atoms. The van der Waals surface area contributed by atoms with Gasteiger partial charge in [-0.05, 0) is 20.8 Å². The van der Waals surface area contributed by atoms with Crippen LogP contribution in [0.1, 0.15) is 27.7 Å². The van der Waals surface area contributed by atoms with E-state index in [0.29, 0.717) is 0 Å². The maximum Gasteiger partial charge on any atom is 0.217 e. The third-order valence-electron chi connectivity index (χ3n) is 2.72. The van der Waals surface area contributed by atoms with Crippen LogP contribution in [-0.4, -0.2) is 64.1 Å². The predicted octanol–water partition coefficient (Wildman–Crippen LogP) is -1.25. The zero-order valence-corrected chi connectivity index (χ0v) is 11.7. The van der Waals surface area contributed by atoms with Crippen LogP contribution in [0.25, 0.3) is 0 Å². The van der Waals surface area contributed by atoms with Crippen LogP contribution in [-0.2, 0) is 14.3 Å². The van der Waals surface area contributed by atoms with Gasteiger partial charge in [0.15, 0.2) is 6.29 Å². The summed E-state index contributed by atoms with van der Waals surface area (Å²) in [6.07, 6.45) is -4.46. The Morgan fingerprint density at radius 1 is 1.32 bits per heavy atom. The zero-order chi connectivity index (χ0) is 14.8. The molecule has 7 nitrogen and oxygen atoms in total. The van der Waals surface area contributed by atoms with Crippen molar-refractivity contribution in [1.82, 2.24) is 5.32 Å². The third-order valence-corrected chi connectivity index (χ3v) is 2.72. The van der Waals surface area contributed by atoms with E-state index in [1.165, 1.54) is 6.92 Å². The van der Waals surface area contributed by atoms with E-state index in [-0.39, 0.29) is 5.91 Å². The maximum atomic E-state index is 11.2. The van der Waals surface area contributed by atoms with Crippen LogP contribution in [0.2, 0.25) is 0 Å². The molecule has 1 aliphatic heterocycles. The summed E-state index contributed by atoms with van der Waals surface area (Å²) in [6.45, 7) is 6.24. The van der Waals surface area contributed by atoms with Crippen molar-refractivity contribution >= 4 is 5.91 Å². The maximum absolute atomic E-state index is 11.2. The van der Waals surface area contributed by atoms with E-state index in [4.69, 9.17) is 14.6 Å². The van der Waals surface area contributed by atoms with Crippen molar-refractivity contribution in [3.8, 4) is 0 Å². The molecule has 0 bridgehead atoms. The Labute approximate surface area is 112 Å². The molecule has 19 heavy (non-hydrogen) atoms. The van der Waals surface area contributed by atoms with Crippen LogP contribution in [0.3, 0.4) is 0 Å². The van der Waals surface area contributed by atoms with Crippen molar-refractivity contribution < 1.29 is 29.6 Å². The Morgan fingerprint density at radius 2 is 1.89 bits per heavy atom. The molecule has 0 saturated carbocycles. The van der Waals surface area contributed by atoms with E-state index in [1.54, 1.807) is 20.8 Å². The van der Waals surface area contributed by atoms with Gasteiger partial charge >= 0.3 is 0 Å². The second-order valence-electron chi connectivity index (χ2n) is 5.66. The minimum Gasteiger partial charge on any atom is -0.394 e. The molecule has 0 aromatic heterocycles. The Kier molecular flexibility index (Phi) is 5.28. The summed E-state index contributed by atoms with van der Waals surface area (Å²) in [5, 5.41) is 31.4. The lowest BCUT2D eigenvalue weighted by atomic mass is 9.96. The number of aliphatic hydroxyl groups is 3. The lowest BCUT2D eigenvalue weighted by Gasteiger charge is -2.44. The quantitative estimate of drug-likeness (QED) is 0.513. The minimum absolute atomic E-state index is 0.371. The van der Waals surface area contributed by atoms with E-state index in [1.807, 2.05) is 0 Å². The fourth-order valence-electron chi connectivity index (χ4n) is 1.92. The van der Waals surface area contributed by atoms with E-state index >= 15 is 0 Å². The van der Waals surface area contributed by atoms with Crippen LogP contribution in [0.15, 0.2) is 0 Å². The van der Waals surface area contributed by atoms with Crippen molar-refractivity contribution in [2.45, 2.75) is 63.9 Å². The van der Waals surface area contributed by atoms with Gasteiger partial charge in [0.25, 0.3) is 0 Å². The summed E-state index contributed by atoms with van der Waals surface area (Å²) < 4.78 is 11.0. The smallest absolute Gasteiger partial charge is 0.217 e. The molecule has 1 saturated heterocycles. The number of rotatable bonds is 3. The molecule has 1 heterocycles. The standard InChI is InChI=1S/C12H23NO6/c1-6(15)13-8-10(17)9(16)7(5-14)18-11(8)19-12(2,3)4/h7-11,14,16-17H,5H2,1-4H3,(H,13,15)/t7-,8-,9+,10-,11-/m1/s1. The van der Waals surface area contributed by atoms with Crippen LogP contribution in [0.5, 0.6) is 0 Å². The van der Waals surface area contributed by atoms with Gasteiger partial charge in [-0.25, -0.2) is 0 Å². The van der Waals surface area contributed by atoms with Crippen LogP contribution < -0.4 is 5.32 Å². The second-order valence-corrected chi connectivity index (χ2v) is 5.66. The summed E-state index contributed by atoms with van der Waals surface area (Å²) in [4.78, 5) is 11.2. The molecular weight excluding hydrogens is 254 g/mol. The summed E-state index contributed by atoms with van der Waals surface area (Å²) in [5.41, 5.74) is -0.566. The predicted molar refractivity (Wildman–Crippen MR) is 66.2 cm³/mol. The van der Waals surface area contributed by atoms with Crippen LogP contribution in [0.4, 0.5) is 0 Å². The summed E-state index contributed by atoms with van der Waals surface area (Å²) in [5.74, 6) is -0.371. The highest BCUT2D eigenvalue weighted by atomic mass is 16.7. The van der Waals surface area contributed by atoms with Crippen molar-refractivity contribution in [1.29, 1.82) is 0 Å². The largest absolute Gasteiger partial charge is 0.394 e. The van der Waals surface area contributed by atoms with Gasteiger partial charge in [-0.3, -0.25) is 4.79 Å². The molecule has 0 aliphatic carbocycles. The van der Waals surface area contributed by atoms with Crippen LogP contribution in [0, 0.1) is 0 Å². The number of hydrogen-bond acceptors (Lipinski definition) is 6. The molecule has 1 amide bonds. The van der Waals surface area contributed by atoms with Gasteiger partial charge in [-0.15, -0.1) is 0 Å². The number of hydrogen-bond donors (Lipinski definition) is 4. The van der Waals surface area contributed by atoms with E-state index in [2.05, 4.69) is 5.32 Å². The first-order valence-electron chi connectivity index (χ1n) is 6.23. The fraction of sp³-hybridized carbons (Fsp3) is 0.917.